The number of rotatable bonds is 2. The van der Waals surface area contributed by atoms with Crippen LogP contribution in [0.2, 0.25) is 0 Å². The first-order chi connectivity index (χ1) is 9.56. The molecule has 1 amide bonds. The molecule has 102 valence electrons. The summed E-state index contributed by atoms with van der Waals surface area (Å²) in [4.78, 5) is 12.3. The third-order valence-electron chi connectivity index (χ3n) is 3.41. The van der Waals surface area contributed by atoms with Gasteiger partial charge in [-0.25, -0.2) is 0 Å². The molecule has 0 aliphatic heterocycles. The highest BCUT2D eigenvalue weighted by Gasteiger charge is 2.15. The Morgan fingerprint density at radius 3 is 2.75 bits per heavy atom. The zero-order valence-corrected chi connectivity index (χ0v) is 11.6. The standard InChI is InChI=1S/C15H15N3O2/c1-9-5-4-6-12-11(9)8-13(18(12)3)15(19)16-14-7-10(2)20-17-14/h4-8H,1-3H3,(H,16,17,19). The SMILES string of the molecule is Cc1cc(NC(=O)c2cc3c(C)cccc3n2C)no1. The number of carbonyl (C=O) groups is 1. The van der Waals surface area contributed by atoms with Gasteiger partial charge in [-0.3, -0.25) is 4.79 Å². The van der Waals surface area contributed by atoms with Gasteiger partial charge in [0.2, 0.25) is 0 Å². The lowest BCUT2D eigenvalue weighted by atomic mass is 10.1. The van der Waals surface area contributed by atoms with E-state index in [2.05, 4.69) is 10.5 Å². The number of carbonyl (C=O) groups excluding carboxylic acids is 1. The van der Waals surface area contributed by atoms with Gasteiger partial charge in [0.15, 0.2) is 5.82 Å². The zero-order valence-electron chi connectivity index (χ0n) is 11.6. The summed E-state index contributed by atoms with van der Waals surface area (Å²) >= 11 is 0. The second-order valence-electron chi connectivity index (χ2n) is 4.87. The summed E-state index contributed by atoms with van der Waals surface area (Å²) in [6.45, 7) is 3.81. The molecule has 0 bridgehead atoms. The van der Waals surface area contributed by atoms with Gasteiger partial charge in [-0.2, -0.15) is 0 Å². The van der Waals surface area contributed by atoms with E-state index in [4.69, 9.17) is 4.52 Å². The van der Waals surface area contributed by atoms with E-state index >= 15 is 0 Å². The highest BCUT2D eigenvalue weighted by molar-refractivity contribution is 6.06. The first kappa shape index (κ1) is 12.5. The summed E-state index contributed by atoms with van der Waals surface area (Å²) in [5.41, 5.74) is 2.77. The van der Waals surface area contributed by atoms with Crippen molar-refractivity contribution in [2.24, 2.45) is 7.05 Å². The number of fused-ring (bicyclic) bond motifs is 1. The molecular weight excluding hydrogens is 254 g/mol. The van der Waals surface area contributed by atoms with Crippen molar-refractivity contribution >= 4 is 22.6 Å². The van der Waals surface area contributed by atoms with Crippen molar-refractivity contribution in [3.63, 3.8) is 0 Å². The fraction of sp³-hybridized carbons (Fsp3) is 0.200. The molecule has 0 spiro atoms. The maximum absolute atomic E-state index is 12.3. The normalized spacial score (nSPS) is 10.9. The molecule has 2 aromatic heterocycles. The number of benzene rings is 1. The van der Waals surface area contributed by atoms with E-state index in [1.165, 1.54) is 0 Å². The van der Waals surface area contributed by atoms with Gasteiger partial charge in [0.05, 0.1) is 0 Å². The predicted molar refractivity (Wildman–Crippen MR) is 76.8 cm³/mol. The Labute approximate surface area is 116 Å². The molecule has 0 unspecified atom stereocenters. The van der Waals surface area contributed by atoms with Gasteiger partial charge >= 0.3 is 0 Å². The number of amides is 1. The van der Waals surface area contributed by atoms with Crippen molar-refractivity contribution in [2.45, 2.75) is 13.8 Å². The average Bonchev–Trinajstić information content (AvgIpc) is 2.95. The quantitative estimate of drug-likeness (QED) is 0.777. The molecule has 0 saturated heterocycles. The fourth-order valence-electron chi connectivity index (χ4n) is 2.33. The van der Waals surface area contributed by atoms with Gasteiger partial charge in [0.25, 0.3) is 5.91 Å². The third-order valence-corrected chi connectivity index (χ3v) is 3.41. The molecule has 0 aliphatic rings. The van der Waals surface area contributed by atoms with E-state index in [-0.39, 0.29) is 5.91 Å². The molecule has 0 aliphatic carbocycles. The lowest BCUT2D eigenvalue weighted by Gasteiger charge is -2.03. The van der Waals surface area contributed by atoms with Crippen molar-refractivity contribution in [1.82, 2.24) is 9.72 Å². The first-order valence-electron chi connectivity index (χ1n) is 6.36. The van der Waals surface area contributed by atoms with Gasteiger partial charge in [0.1, 0.15) is 11.5 Å². The molecule has 2 heterocycles. The minimum Gasteiger partial charge on any atom is -0.360 e. The van der Waals surface area contributed by atoms with Crippen molar-refractivity contribution in [3.8, 4) is 0 Å². The van der Waals surface area contributed by atoms with Crippen LogP contribution in [0, 0.1) is 13.8 Å². The van der Waals surface area contributed by atoms with Crippen molar-refractivity contribution < 1.29 is 9.32 Å². The van der Waals surface area contributed by atoms with Crippen LogP contribution in [0.25, 0.3) is 10.9 Å². The largest absolute Gasteiger partial charge is 0.360 e. The molecular formula is C15H15N3O2. The first-order valence-corrected chi connectivity index (χ1v) is 6.36. The predicted octanol–water partition coefficient (Wildman–Crippen LogP) is 3.04. The molecule has 0 fully saturated rings. The van der Waals surface area contributed by atoms with Crippen LogP contribution >= 0.6 is 0 Å². The van der Waals surface area contributed by atoms with Gasteiger partial charge in [-0.15, -0.1) is 0 Å². The van der Waals surface area contributed by atoms with E-state index in [9.17, 15) is 4.79 Å². The average molecular weight is 269 g/mol. The Hall–Kier alpha value is -2.56. The molecule has 1 N–H and O–H groups in total. The highest BCUT2D eigenvalue weighted by atomic mass is 16.5. The van der Waals surface area contributed by atoms with Crippen LogP contribution < -0.4 is 5.32 Å². The molecule has 3 rings (SSSR count). The molecule has 0 atom stereocenters. The summed E-state index contributed by atoms with van der Waals surface area (Å²) in [7, 11) is 1.88. The Morgan fingerprint density at radius 2 is 2.10 bits per heavy atom. The van der Waals surface area contributed by atoms with Gasteiger partial charge < -0.3 is 14.4 Å². The topological polar surface area (TPSA) is 60.1 Å². The van der Waals surface area contributed by atoms with Crippen molar-refractivity contribution in [2.75, 3.05) is 5.32 Å². The van der Waals surface area contributed by atoms with Crippen LogP contribution in [0.1, 0.15) is 21.8 Å². The monoisotopic (exact) mass is 269 g/mol. The highest BCUT2D eigenvalue weighted by Crippen LogP contribution is 2.22. The van der Waals surface area contributed by atoms with Crippen LogP contribution in [-0.4, -0.2) is 15.6 Å². The van der Waals surface area contributed by atoms with E-state index in [0.717, 1.165) is 16.5 Å². The Balaban J connectivity index is 1.99. The van der Waals surface area contributed by atoms with Gasteiger partial charge in [-0.1, -0.05) is 17.3 Å². The molecule has 20 heavy (non-hydrogen) atoms. The molecule has 5 heteroatoms. The van der Waals surface area contributed by atoms with Crippen LogP contribution in [-0.2, 0) is 7.05 Å². The van der Waals surface area contributed by atoms with Crippen LogP contribution in [0.5, 0.6) is 0 Å². The fourth-order valence-corrected chi connectivity index (χ4v) is 2.33. The van der Waals surface area contributed by atoms with Crippen LogP contribution in [0.3, 0.4) is 0 Å². The second kappa shape index (κ2) is 4.52. The maximum atomic E-state index is 12.3. The molecule has 5 nitrogen and oxygen atoms in total. The van der Waals surface area contributed by atoms with Crippen molar-refractivity contribution in [1.29, 1.82) is 0 Å². The minimum absolute atomic E-state index is 0.198. The number of nitrogens with zero attached hydrogens (tertiary/aromatic N) is 2. The minimum atomic E-state index is -0.198. The second-order valence-corrected chi connectivity index (χ2v) is 4.87. The van der Waals surface area contributed by atoms with E-state index in [0.29, 0.717) is 17.3 Å². The maximum Gasteiger partial charge on any atom is 0.273 e. The number of anilines is 1. The zero-order chi connectivity index (χ0) is 14.3. The summed E-state index contributed by atoms with van der Waals surface area (Å²) in [6.07, 6.45) is 0. The van der Waals surface area contributed by atoms with Gasteiger partial charge in [-0.05, 0) is 31.5 Å². The molecule has 1 aromatic carbocycles. The van der Waals surface area contributed by atoms with Crippen molar-refractivity contribution in [3.05, 3.63) is 47.3 Å². The molecule has 3 aromatic rings. The smallest absolute Gasteiger partial charge is 0.273 e. The number of hydrogen-bond acceptors (Lipinski definition) is 3. The lowest BCUT2D eigenvalue weighted by Crippen LogP contribution is -2.15. The summed E-state index contributed by atoms with van der Waals surface area (Å²) in [5.74, 6) is 0.888. The van der Waals surface area contributed by atoms with Crippen LogP contribution in [0.15, 0.2) is 34.9 Å². The summed E-state index contributed by atoms with van der Waals surface area (Å²) in [5, 5.41) is 7.58. The van der Waals surface area contributed by atoms with E-state index < -0.39 is 0 Å². The molecule has 0 saturated carbocycles. The lowest BCUT2D eigenvalue weighted by molar-refractivity contribution is 0.101. The Kier molecular flexibility index (Phi) is 2.82. The van der Waals surface area contributed by atoms with Crippen LogP contribution in [0.4, 0.5) is 5.82 Å². The van der Waals surface area contributed by atoms with E-state index in [1.807, 2.05) is 42.8 Å². The van der Waals surface area contributed by atoms with Gasteiger partial charge in [0, 0.05) is 24.0 Å². The van der Waals surface area contributed by atoms with E-state index in [1.54, 1.807) is 13.0 Å². The Morgan fingerprint density at radius 1 is 1.30 bits per heavy atom. The summed E-state index contributed by atoms with van der Waals surface area (Å²) < 4.78 is 6.82. The third kappa shape index (κ3) is 1.97. The summed E-state index contributed by atoms with van der Waals surface area (Å²) in [6, 6.07) is 9.60. The molecule has 0 radical (unpaired) electrons. The number of nitrogens with one attached hydrogen (secondary N) is 1. The number of hydrogen-bond donors (Lipinski definition) is 1. The Bertz CT molecular complexity index is 799. The number of aryl methyl sites for hydroxylation is 3. The number of aromatic nitrogens is 2.